The number of hydrogen-bond acceptors (Lipinski definition) is 6. The fourth-order valence-electron chi connectivity index (χ4n) is 2.64. The van der Waals surface area contributed by atoms with E-state index < -0.39 is 17.4 Å². The van der Waals surface area contributed by atoms with Crippen LogP contribution in [0.25, 0.3) is 11.2 Å². The Balaban J connectivity index is 2.13. The molecule has 1 atom stereocenters. The highest BCUT2D eigenvalue weighted by atomic mass is 16.5. The van der Waals surface area contributed by atoms with Gasteiger partial charge in [-0.15, -0.1) is 0 Å². The third kappa shape index (κ3) is 2.04. The summed E-state index contributed by atoms with van der Waals surface area (Å²) in [5.74, 6) is 5.27. The Morgan fingerprint density at radius 3 is 2.82 bits per heavy atom. The van der Waals surface area contributed by atoms with Crippen molar-refractivity contribution in [1.82, 2.24) is 24.1 Å². The molecule has 1 aliphatic heterocycles. The van der Waals surface area contributed by atoms with Gasteiger partial charge in [0.2, 0.25) is 5.91 Å². The van der Waals surface area contributed by atoms with E-state index in [2.05, 4.69) is 4.98 Å². The summed E-state index contributed by atoms with van der Waals surface area (Å²) in [6.45, 7) is 0.460. The van der Waals surface area contributed by atoms with Crippen LogP contribution in [0, 0.1) is 0 Å². The molecular formula is C12H16N6O4. The van der Waals surface area contributed by atoms with E-state index in [0.29, 0.717) is 23.5 Å². The van der Waals surface area contributed by atoms with Gasteiger partial charge in [0, 0.05) is 14.1 Å². The van der Waals surface area contributed by atoms with E-state index in [9.17, 15) is 14.4 Å². The maximum Gasteiger partial charge on any atom is 0.332 e. The van der Waals surface area contributed by atoms with Gasteiger partial charge in [0.25, 0.3) is 5.56 Å². The SMILES string of the molecule is Cn1c(=O)c2c(nc3n2CC(CC(=O)NN)OC3)n(C)c1=O. The Morgan fingerprint density at radius 1 is 1.41 bits per heavy atom. The minimum Gasteiger partial charge on any atom is -0.368 e. The van der Waals surface area contributed by atoms with Crippen LogP contribution >= 0.6 is 0 Å². The topological polar surface area (TPSA) is 126 Å². The molecule has 0 radical (unpaired) electrons. The second-order valence-corrected chi connectivity index (χ2v) is 5.22. The van der Waals surface area contributed by atoms with Crippen LogP contribution in [0.15, 0.2) is 9.59 Å². The lowest BCUT2D eigenvalue weighted by Crippen LogP contribution is -2.39. The number of nitrogens with two attached hydrogens (primary N) is 1. The van der Waals surface area contributed by atoms with E-state index >= 15 is 0 Å². The predicted molar refractivity (Wildman–Crippen MR) is 75.7 cm³/mol. The molecule has 1 amide bonds. The number of aryl methyl sites for hydroxylation is 1. The first kappa shape index (κ1) is 14.5. The molecule has 0 saturated carbocycles. The predicted octanol–water partition coefficient (Wildman–Crippen LogP) is -2.29. The summed E-state index contributed by atoms with van der Waals surface area (Å²) in [5, 5.41) is 0. The third-order valence-electron chi connectivity index (χ3n) is 3.84. The van der Waals surface area contributed by atoms with Crippen molar-refractivity contribution in [3.8, 4) is 0 Å². The molecule has 22 heavy (non-hydrogen) atoms. The Hall–Kier alpha value is -2.46. The smallest absolute Gasteiger partial charge is 0.332 e. The minimum atomic E-state index is -0.437. The Kier molecular flexibility index (Phi) is 3.34. The highest BCUT2D eigenvalue weighted by Crippen LogP contribution is 2.20. The van der Waals surface area contributed by atoms with E-state index in [1.807, 2.05) is 5.43 Å². The summed E-state index contributed by atoms with van der Waals surface area (Å²) in [7, 11) is 2.98. The van der Waals surface area contributed by atoms with Crippen LogP contribution in [0.2, 0.25) is 0 Å². The maximum atomic E-state index is 12.4. The zero-order chi connectivity index (χ0) is 16.0. The summed E-state index contributed by atoms with van der Waals surface area (Å²) >= 11 is 0. The molecule has 10 nitrogen and oxygen atoms in total. The van der Waals surface area contributed by atoms with Gasteiger partial charge in [-0.1, -0.05) is 0 Å². The zero-order valence-corrected chi connectivity index (χ0v) is 12.2. The summed E-state index contributed by atoms with van der Waals surface area (Å²) in [6, 6.07) is 0. The van der Waals surface area contributed by atoms with Crippen molar-refractivity contribution < 1.29 is 9.53 Å². The van der Waals surface area contributed by atoms with Gasteiger partial charge in [0.05, 0.1) is 19.1 Å². The van der Waals surface area contributed by atoms with Gasteiger partial charge in [-0.3, -0.25) is 24.1 Å². The molecule has 3 N–H and O–H groups in total. The molecule has 0 saturated heterocycles. The average molecular weight is 308 g/mol. The molecule has 1 aliphatic rings. The van der Waals surface area contributed by atoms with Crippen molar-refractivity contribution in [1.29, 1.82) is 0 Å². The second-order valence-electron chi connectivity index (χ2n) is 5.22. The number of fused-ring (bicyclic) bond motifs is 3. The normalized spacial score (nSPS) is 17.5. The van der Waals surface area contributed by atoms with E-state index in [1.54, 1.807) is 11.6 Å². The molecule has 3 heterocycles. The number of carbonyl (C=O) groups is 1. The van der Waals surface area contributed by atoms with Crippen molar-refractivity contribution in [3.63, 3.8) is 0 Å². The van der Waals surface area contributed by atoms with E-state index in [0.717, 1.165) is 4.57 Å². The first-order valence-electron chi connectivity index (χ1n) is 6.70. The number of carbonyl (C=O) groups excluding carboxylic acids is 1. The molecule has 1 unspecified atom stereocenters. The molecule has 0 aromatic carbocycles. The summed E-state index contributed by atoms with van der Waals surface area (Å²) < 4.78 is 9.61. The molecule has 2 aromatic heterocycles. The minimum absolute atomic E-state index is 0.0850. The molecule has 118 valence electrons. The van der Waals surface area contributed by atoms with Crippen LogP contribution in [0.1, 0.15) is 12.2 Å². The Labute approximate surface area is 124 Å². The fraction of sp³-hybridized carbons (Fsp3) is 0.500. The van der Waals surface area contributed by atoms with E-state index in [1.165, 1.54) is 11.6 Å². The number of nitrogens with zero attached hydrogens (tertiary/aromatic N) is 4. The van der Waals surface area contributed by atoms with Gasteiger partial charge >= 0.3 is 5.69 Å². The lowest BCUT2D eigenvalue weighted by molar-refractivity contribution is -0.125. The monoisotopic (exact) mass is 308 g/mol. The number of hydrogen-bond donors (Lipinski definition) is 2. The van der Waals surface area contributed by atoms with Gasteiger partial charge in [-0.2, -0.15) is 0 Å². The molecule has 0 fully saturated rings. The molecule has 2 aromatic rings. The summed E-state index contributed by atoms with van der Waals surface area (Å²) in [5.41, 5.74) is 1.85. The van der Waals surface area contributed by atoms with Crippen molar-refractivity contribution in [2.24, 2.45) is 19.9 Å². The molecule has 10 heteroatoms. The van der Waals surface area contributed by atoms with Crippen molar-refractivity contribution in [3.05, 3.63) is 26.7 Å². The molecule has 0 spiro atoms. The van der Waals surface area contributed by atoms with Crippen LogP contribution in [-0.4, -0.2) is 30.7 Å². The number of rotatable bonds is 2. The largest absolute Gasteiger partial charge is 0.368 e. The van der Waals surface area contributed by atoms with Crippen LogP contribution in [0.4, 0.5) is 0 Å². The van der Waals surface area contributed by atoms with Crippen LogP contribution in [-0.2, 0) is 36.8 Å². The van der Waals surface area contributed by atoms with Crippen molar-refractivity contribution in [2.45, 2.75) is 25.7 Å². The van der Waals surface area contributed by atoms with Crippen LogP contribution in [0.3, 0.4) is 0 Å². The van der Waals surface area contributed by atoms with Crippen LogP contribution < -0.4 is 22.5 Å². The first-order chi connectivity index (χ1) is 10.4. The van der Waals surface area contributed by atoms with Gasteiger partial charge in [-0.25, -0.2) is 15.6 Å². The average Bonchev–Trinajstić information content (AvgIpc) is 2.89. The number of imidazole rings is 1. The Bertz CT molecular complexity index is 876. The van der Waals surface area contributed by atoms with Gasteiger partial charge in [0.15, 0.2) is 11.2 Å². The number of aromatic nitrogens is 4. The number of amides is 1. The summed E-state index contributed by atoms with van der Waals surface area (Å²) in [4.78, 5) is 40.0. The molecule has 0 bridgehead atoms. The van der Waals surface area contributed by atoms with E-state index in [4.69, 9.17) is 10.6 Å². The van der Waals surface area contributed by atoms with Crippen molar-refractivity contribution >= 4 is 17.1 Å². The number of hydrazine groups is 1. The highest BCUT2D eigenvalue weighted by molar-refractivity contribution is 5.76. The second kappa shape index (κ2) is 5.07. The first-order valence-corrected chi connectivity index (χ1v) is 6.70. The number of nitrogens with one attached hydrogen (secondary N) is 1. The highest BCUT2D eigenvalue weighted by Gasteiger charge is 2.27. The third-order valence-corrected chi connectivity index (χ3v) is 3.84. The zero-order valence-electron chi connectivity index (χ0n) is 12.2. The van der Waals surface area contributed by atoms with Gasteiger partial charge in [-0.05, 0) is 0 Å². The number of ether oxygens (including phenoxy) is 1. The lowest BCUT2D eigenvalue weighted by Gasteiger charge is -2.24. The maximum absolute atomic E-state index is 12.4. The van der Waals surface area contributed by atoms with Gasteiger partial charge < -0.3 is 9.30 Å². The van der Waals surface area contributed by atoms with Gasteiger partial charge in [0.1, 0.15) is 12.4 Å². The molecule has 0 aliphatic carbocycles. The van der Waals surface area contributed by atoms with Crippen LogP contribution in [0.5, 0.6) is 0 Å². The quantitative estimate of drug-likeness (QED) is 0.365. The standard InChI is InChI=1S/C12H16N6O4/c1-16-10-9(11(20)17(2)12(16)21)18-4-6(3-8(19)15-13)22-5-7(18)14-10/h6H,3-5,13H2,1-2H3,(H,15,19). The van der Waals surface area contributed by atoms with Crippen molar-refractivity contribution in [2.75, 3.05) is 0 Å². The van der Waals surface area contributed by atoms with E-state index in [-0.39, 0.29) is 18.9 Å². The molecule has 3 rings (SSSR count). The lowest BCUT2D eigenvalue weighted by atomic mass is 10.2. The fourth-order valence-corrected chi connectivity index (χ4v) is 2.64. The Morgan fingerprint density at radius 2 is 2.14 bits per heavy atom. The molecular weight excluding hydrogens is 292 g/mol. The summed E-state index contributed by atoms with van der Waals surface area (Å²) in [6.07, 6.45) is -0.322.